The standard InChI is InChI=1S/C13H18N2O3/c1-17-10-13(16)15-5-6-18-12(9-15)7-11-3-2-4-14-8-11/h2-4,8,12H,5-7,9-10H2,1H3/t12-/m1/s1. The van der Waals surface area contributed by atoms with Crippen molar-refractivity contribution in [1.82, 2.24) is 9.88 Å². The van der Waals surface area contributed by atoms with Crippen LogP contribution in [-0.2, 0) is 20.7 Å². The zero-order valence-corrected chi connectivity index (χ0v) is 10.5. The molecule has 1 saturated heterocycles. The second-order valence-electron chi connectivity index (χ2n) is 4.33. The molecule has 2 heterocycles. The number of carbonyl (C=O) groups excluding carboxylic acids is 1. The molecule has 0 unspecified atom stereocenters. The monoisotopic (exact) mass is 250 g/mol. The van der Waals surface area contributed by atoms with Gasteiger partial charge in [-0.1, -0.05) is 6.07 Å². The van der Waals surface area contributed by atoms with E-state index in [1.807, 2.05) is 18.3 Å². The van der Waals surface area contributed by atoms with Gasteiger partial charge < -0.3 is 14.4 Å². The van der Waals surface area contributed by atoms with Crippen LogP contribution in [0, 0.1) is 0 Å². The molecule has 0 spiro atoms. The number of hydrogen-bond acceptors (Lipinski definition) is 4. The lowest BCUT2D eigenvalue weighted by molar-refractivity contribution is -0.142. The van der Waals surface area contributed by atoms with Crippen molar-refractivity contribution in [3.8, 4) is 0 Å². The van der Waals surface area contributed by atoms with Crippen LogP contribution in [0.2, 0.25) is 0 Å². The summed E-state index contributed by atoms with van der Waals surface area (Å²) in [6.45, 7) is 1.99. The molecule has 0 aromatic carbocycles. The third-order valence-electron chi connectivity index (χ3n) is 2.95. The van der Waals surface area contributed by atoms with Crippen molar-refractivity contribution in [2.75, 3.05) is 33.4 Å². The second kappa shape index (κ2) is 6.47. The Labute approximate surface area is 107 Å². The predicted molar refractivity (Wildman–Crippen MR) is 66.1 cm³/mol. The van der Waals surface area contributed by atoms with Crippen LogP contribution in [-0.4, -0.2) is 55.3 Å². The molecule has 0 aliphatic carbocycles. The van der Waals surface area contributed by atoms with E-state index < -0.39 is 0 Å². The first-order valence-corrected chi connectivity index (χ1v) is 6.07. The van der Waals surface area contributed by atoms with Gasteiger partial charge in [0.15, 0.2) is 0 Å². The first-order chi connectivity index (χ1) is 8.79. The molecule has 5 nitrogen and oxygen atoms in total. The topological polar surface area (TPSA) is 51.7 Å². The van der Waals surface area contributed by atoms with Crippen LogP contribution in [0.4, 0.5) is 0 Å². The van der Waals surface area contributed by atoms with Gasteiger partial charge in [-0.2, -0.15) is 0 Å². The molecule has 0 radical (unpaired) electrons. The molecule has 1 aromatic rings. The van der Waals surface area contributed by atoms with Gasteiger partial charge >= 0.3 is 0 Å². The van der Waals surface area contributed by atoms with Crippen molar-refractivity contribution >= 4 is 5.91 Å². The Hall–Kier alpha value is -1.46. The minimum atomic E-state index is 0.0250. The summed E-state index contributed by atoms with van der Waals surface area (Å²) in [5, 5.41) is 0. The molecule has 2 rings (SSSR count). The Balaban J connectivity index is 1.89. The smallest absolute Gasteiger partial charge is 0.248 e. The molecule has 1 aromatic heterocycles. The zero-order valence-electron chi connectivity index (χ0n) is 10.5. The molecule has 0 bridgehead atoms. The van der Waals surface area contributed by atoms with E-state index >= 15 is 0 Å². The molecule has 1 aliphatic rings. The number of aromatic nitrogens is 1. The van der Waals surface area contributed by atoms with E-state index in [9.17, 15) is 4.79 Å². The minimum absolute atomic E-state index is 0.0250. The SMILES string of the molecule is COCC(=O)N1CCO[C@H](Cc2cccnc2)C1. The summed E-state index contributed by atoms with van der Waals surface area (Å²) in [4.78, 5) is 17.6. The van der Waals surface area contributed by atoms with Crippen LogP contribution < -0.4 is 0 Å². The fourth-order valence-corrected chi connectivity index (χ4v) is 2.07. The Bertz CT molecular complexity index is 383. The van der Waals surface area contributed by atoms with Gasteiger partial charge in [0.05, 0.1) is 12.7 Å². The summed E-state index contributed by atoms with van der Waals surface area (Å²) in [5.41, 5.74) is 1.13. The van der Waals surface area contributed by atoms with E-state index in [2.05, 4.69) is 4.98 Å². The normalized spacial score (nSPS) is 19.8. The van der Waals surface area contributed by atoms with Gasteiger partial charge in [0.25, 0.3) is 0 Å². The van der Waals surface area contributed by atoms with Gasteiger partial charge in [0, 0.05) is 39.0 Å². The third kappa shape index (κ3) is 3.51. The first-order valence-electron chi connectivity index (χ1n) is 6.07. The van der Waals surface area contributed by atoms with Crippen LogP contribution in [0.1, 0.15) is 5.56 Å². The van der Waals surface area contributed by atoms with Gasteiger partial charge in [0.1, 0.15) is 6.61 Å². The number of carbonyl (C=O) groups is 1. The zero-order chi connectivity index (χ0) is 12.8. The molecule has 1 fully saturated rings. The Morgan fingerprint density at radius 3 is 3.28 bits per heavy atom. The molecule has 1 atom stereocenters. The van der Waals surface area contributed by atoms with Crippen molar-refractivity contribution < 1.29 is 14.3 Å². The number of methoxy groups -OCH3 is 1. The van der Waals surface area contributed by atoms with Crippen LogP contribution in [0.5, 0.6) is 0 Å². The molecule has 0 N–H and O–H groups in total. The van der Waals surface area contributed by atoms with E-state index in [1.165, 1.54) is 7.11 Å². The quantitative estimate of drug-likeness (QED) is 0.780. The summed E-state index contributed by atoms with van der Waals surface area (Å²) in [7, 11) is 1.53. The summed E-state index contributed by atoms with van der Waals surface area (Å²) in [5.74, 6) is 0.0250. The van der Waals surface area contributed by atoms with E-state index in [4.69, 9.17) is 9.47 Å². The third-order valence-corrected chi connectivity index (χ3v) is 2.95. The number of amides is 1. The van der Waals surface area contributed by atoms with Crippen molar-refractivity contribution in [1.29, 1.82) is 0 Å². The summed E-state index contributed by atoms with van der Waals surface area (Å²) in [6, 6.07) is 3.93. The number of morpholine rings is 1. The molecule has 1 aliphatic heterocycles. The lowest BCUT2D eigenvalue weighted by Crippen LogP contribution is -2.47. The minimum Gasteiger partial charge on any atom is -0.375 e. The first kappa shape index (κ1) is 13.0. The molecular formula is C13H18N2O3. The van der Waals surface area contributed by atoms with E-state index in [0.29, 0.717) is 19.7 Å². The highest BCUT2D eigenvalue weighted by molar-refractivity contribution is 5.77. The van der Waals surface area contributed by atoms with Gasteiger partial charge in [0.2, 0.25) is 5.91 Å². The number of pyridine rings is 1. The Morgan fingerprint density at radius 2 is 2.56 bits per heavy atom. The molecule has 1 amide bonds. The van der Waals surface area contributed by atoms with Gasteiger partial charge in [-0.05, 0) is 11.6 Å². The summed E-state index contributed by atoms with van der Waals surface area (Å²) in [6.07, 6.45) is 4.41. The maximum Gasteiger partial charge on any atom is 0.248 e. The molecule has 0 saturated carbocycles. The van der Waals surface area contributed by atoms with Crippen molar-refractivity contribution in [2.24, 2.45) is 0 Å². The fraction of sp³-hybridized carbons (Fsp3) is 0.538. The van der Waals surface area contributed by atoms with Crippen molar-refractivity contribution in [2.45, 2.75) is 12.5 Å². The van der Waals surface area contributed by atoms with Crippen molar-refractivity contribution in [3.63, 3.8) is 0 Å². The van der Waals surface area contributed by atoms with E-state index in [-0.39, 0.29) is 18.6 Å². The highest BCUT2D eigenvalue weighted by atomic mass is 16.5. The average Bonchev–Trinajstić information content (AvgIpc) is 2.40. The maximum absolute atomic E-state index is 11.7. The van der Waals surface area contributed by atoms with Crippen molar-refractivity contribution in [3.05, 3.63) is 30.1 Å². The summed E-state index contributed by atoms with van der Waals surface area (Å²) >= 11 is 0. The lowest BCUT2D eigenvalue weighted by Gasteiger charge is -2.32. The molecule has 98 valence electrons. The molecular weight excluding hydrogens is 232 g/mol. The number of hydrogen-bond donors (Lipinski definition) is 0. The second-order valence-corrected chi connectivity index (χ2v) is 4.33. The van der Waals surface area contributed by atoms with Gasteiger partial charge in [-0.25, -0.2) is 0 Å². The van der Waals surface area contributed by atoms with Crippen LogP contribution in [0.25, 0.3) is 0 Å². The highest BCUT2D eigenvalue weighted by Crippen LogP contribution is 2.11. The molecule has 18 heavy (non-hydrogen) atoms. The van der Waals surface area contributed by atoms with Crippen LogP contribution >= 0.6 is 0 Å². The largest absolute Gasteiger partial charge is 0.375 e. The number of rotatable bonds is 4. The number of ether oxygens (including phenoxy) is 2. The highest BCUT2D eigenvalue weighted by Gasteiger charge is 2.24. The van der Waals surface area contributed by atoms with E-state index in [0.717, 1.165) is 12.0 Å². The lowest BCUT2D eigenvalue weighted by atomic mass is 10.1. The average molecular weight is 250 g/mol. The van der Waals surface area contributed by atoms with E-state index in [1.54, 1.807) is 11.1 Å². The fourth-order valence-electron chi connectivity index (χ4n) is 2.07. The van der Waals surface area contributed by atoms with Crippen LogP contribution in [0.15, 0.2) is 24.5 Å². The van der Waals surface area contributed by atoms with Gasteiger partial charge in [-0.15, -0.1) is 0 Å². The number of nitrogens with zero attached hydrogens (tertiary/aromatic N) is 2. The predicted octanol–water partition coefficient (Wildman–Crippen LogP) is 0.498. The Kier molecular flexibility index (Phi) is 4.66. The maximum atomic E-state index is 11.7. The summed E-state index contributed by atoms with van der Waals surface area (Å²) < 4.78 is 10.5. The molecule has 5 heteroatoms. The van der Waals surface area contributed by atoms with Gasteiger partial charge in [-0.3, -0.25) is 9.78 Å². The van der Waals surface area contributed by atoms with Crippen LogP contribution in [0.3, 0.4) is 0 Å². The Morgan fingerprint density at radius 1 is 1.67 bits per heavy atom.